The molecule has 2 heteroatoms. The molecule has 1 unspecified atom stereocenters. The largest absolute Gasteiger partial charge is 0.312 e. The number of nitrogens with one attached hydrogen (secondary N) is 1. The first-order valence-electron chi connectivity index (χ1n) is 7.75. The van der Waals surface area contributed by atoms with Crippen molar-refractivity contribution < 1.29 is 0 Å². The van der Waals surface area contributed by atoms with Gasteiger partial charge in [0.25, 0.3) is 0 Å². The number of hydrogen-bond acceptors (Lipinski definition) is 2. The Kier molecular flexibility index (Phi) is 4.67. The second-order valence-electron chi connectivity index (χ2n) is 6.07. The van der Waals surface area contributed by atoms with Gasteiger partial charge in [0.15, 0.2) is 0 Å². The first-order valence-corrected chi connectivity index (χ1v) is 8.74. The van der Waals surface area contributed by atoms with Gasteiger partial charge in [-0.3, -0.25) is 0 Å². The van der Waals surface area contributed by atoms with Crippen LogP contribution in [0, 0.1) is 0 Å². The van der Waals surface area contributed by atoms with Gasteiger partial charge in [0.2, 0.25) is 0 Å². The van der Waals surface area contributed by atoms with Gasteiger partial charge >= 0.3 is 0 Å². The zero-order valence-electron chi connectivity index (χ0n) is 12.8. The summed E-state index contributed by atoms with van der Waals surface area (Å²) in [6.45, 7) is 6.50. The van der Waals surface area contributed by atoms with Crippen LogP contribution in [0.4, 0.5) is 0 Å². The fraction of sp³-hybridized carbons (Fsp3) is 0.368. The first kappa shape index (κ1) is 14.7. The molecule has 0 saturated heterocycles. The minimum atomic E-state index is 0.610. The highest BCUT2D eigenvalue weighted by Crippen LogP contribution is 2.38. The van der Waals surface area contributed by atoms with E-state index in [1.807, 2.05) is 11.8 Å². The lowest BCUT2D eigenvalue weighted by Crippen LogP contribution is -2.21. The van der Waals surface area contributed by atoms with E-state index in [0.29, 0.717) is 11.8 Å². The molecule has 1 nitrogen and oxygen atoms in total. The summed E-state index contributed by atoms with van der Waals surface area (Å²) in [5, 5.41) is 3.62. The topological polar surface area (TPSA) is 12.0 Å². The van der Waals surface area contributed by atoms with E-state index in [2.05, 4.69) is 67.7 Å². The van der Waals surface area contributed by atoms with Crippen LogP contribution in [0.15, 0.2) is 53.4 Å². The number of thioether (sulfide) groups is 1. The van der Waals surface area contributed by atoms with Crippen LogP contribution in [0.1, 0.15) is 42.4 Å². The van der Waals surface area contributed by atoms with Gasteiger partial charge < -0.3 is 5.32 Å². The zero-order chi connectivity index (χ0) is 14.7. The minimum absolute atomic E-state index is 0.610. The molecule has 21 heavy (non-hydrogen) atoms. The lowest BCUT2D eigenvalue weighted by Gasteiger charge is -2.12. The summed E-state index contributed by atoms with van der Waals surface area (Å²) < 4.78 is 0. The lowest BCUT2D eigenvalue weighted by atomic mass is 10.0. The molecular formula is C19H23NS. The smallest absolute Gasteiger partial charge is 0.0205 e. The maximum Gasteiger partial charge on any atom is 0.0205 e. The van der Waals surface area contributed by atoms with Crippen molar-refractivity contribution in [3.8, 4) is 0 Å². The van der Waals surface area contributed by atoms with Crippen LogP contribution in [0.5, 0.6) is 0 Å². The number of benzene rings is 2. The third kappa shape index (κ3) is 3.50. The van der Waals surface area contributed by atoms with E-state index in [1.165, 1.54) is 27.3 Å². The van der Waals surface area contributed by atoms with E-state index in [9.17, 15) is 0 Å². The van der Waals surface area contributed by atoms with Crippen LogP contribution in [0.2, 0.25) is 0 Å². The first-order chi connectivity index (χ1) is 10.2. The maximum atomic E-state index is 3.62. The standard InChI is InChI=1S/C19H23NS/c1-14(2)16-9-7-15(8-10-16)11-20-12-17-13-21-19-6-4-3-5-18(17)19/h3-10,14,17,20H,11-13H2,1-2H3. The van der Waals surface area contributed by atoms with Gasteiger partial charge in [0, 0.05) is 29.7 Å². The van der Waals surface area contributed by atoms with Gasteiger partial charge in [-0.1, -0.05) is 56.3 Å². The summed E-state index contributed by atoms with van der Waals surface area (Å²) in [6, 6.07) is 17.8. The number of rotatable bonds is 5. The Labute approximate surface area is 132 Å². The SMILES string of the molecule is CC(C)c1ccc(CNCC2CSc3ccccc32)cc1. The highest BCUT2D eigenvalue weighted by Gasteiger charge is 2.21. The fourth-order valence-corrected chi connectivity index (χ4v) is 4.06. The molecule has 1 atom stereocenters. The molecule has 0 radical (unpaired) electrons. The van der Waals surface area contributed by atoms with Crippen molar-refractivity contribution >= 4 is 11.8 Å². The molecule has 0 fully saturated rings. The summed E-state index contributed by atoms with van der Waals surface area (Å²) in [6.07, 6.45) is 0. The van der Waals surface area contributed by atoms with Crippen LogP contribution in [-0.4, -0.2) is 12.3 Å². The quantitative estimate of drug-likeness (QED) is 0.851. The van der Waals surface area contributed by atoms with E-state index in [4.69, 9.17) is 0 Å². The van der Waals surface area contributed by atoms with E-state index in [0.717, 1.165) is 13.1 Å². The molecule has 0 amide bonds. The Morgan fingerprint density at radius 1 is 1.10 bits per heavy atom. The molecule has 0 spiro atoms. The summed E-state index contributed by atoms with van der Waals surface area (Å²) in [5.74, 6) is 2.47. The number of hydrogen-bond donors (Lipinski definition) is 1. The molecular weight excluding hydrogens is 274 g/mol. The molecule has 110 valence electrons. The lowest BCUT2D eigenvalue weighted by molar-refractivity contribution is 0.621. The predicted molar refractivity (Wildman–Crippen MR) is 92.1 cm³/mol. The normalized spacial score (nSPS) is 17.2. The molecule has 2 aromatic rings. The van der Waals surface area contributed by atoms with E-state index < -0.39 is 0 Å². The number of fused-ring (bicyclic) bond motifs is 1. The maximum absolute atomic E-state index is 3.62. The van der Waals surface area contributed by atoms with Gasteiger partial charge in [0.1, 0.15) is 0 Å². The molecule has 0 bridgehead atoms. The highest BCUT2D eigenvalue weighted by molar-refractivity contribution is 7.99. The van der Waals surface area contributed by atoms with Crippen LogP contribution < -0.4 is 5.32 Å². The van der Waals surface area contributed by atoms with E-state index in [1.54, 1.807) is 0 Å². The van der Waals surface area contributed by atoms with Gasteiger partial charge in [-0.05, 0) is 28.7 Å². The summed E-state index contributed by atoms with van der Waals surface area (Å²) in [4.78, 5) is 1.46. The second kappa shape index (κ2) is 6.67. The Hall–Kier alpha value is -1.25. The van der Waals surface area contributed by atoms with Gasteiger partial charge in [0.05, 0.1) is 0 Å². The fourth-order valence-electron chi connectivity index (χ4n) is 2.81. The third-order valence-corrected chi connectivity index (χ3v) is 5.42. The monoisotopic (exact) mass is 297 g/mol. The molecule has 0 aromatic heterocycles. The minimum Gasteiger partial charge on any atom is -0.312 e. The van der Waals surface area contributed by atoms with Crippen LogP contribution in [0.3, 0.4) is 0 Å². The summed E-state index contributed by atoms with van der Waals surface area (Å²) in [7, 11) is 0. The van der Waals surface area contributed by atoms with Crippen molar-refractivity contribution in [3.63, 3.8) is 0 Å². The molecule has 0 saturated carbocycles. The van der Waals surface area contributed by atoms with Gasteiger partial charge in [-0.2, -0.15) is 0 Å². The van der Waals surface area contributed by atoms with Crippen molar-refractivity contribution in [2.75, 3.05) is 12.3 Å². The van der Waals surface area contributed by atoms with Crippen molar-refractivity contribution in [3.05, 3.63) is 65.2 Å². The average molecular weight is 297 g/mol. The van der Waals surface area contributed by atoms with Gasteiger partial charge in [-0.25, -0.2) is 0 Å². The molecule has 1 aliphatic heterocycles. The highest BCUT2D eigenvalue weighted by atomic mass is 32.2. The zero-order valence-corrected chi connectivity index (χ0v) is 13.6. The van der Waals surface area contributed by atoms with E-state index >= 15 is 0 Å². The molecule has 1 heterocycles. The van der Waals surface area contributed by atoms with Crippen molar-refractivity contribution in [2.45, 2.75) is 37.1 Å². The Bertz CT molecular complexity index is 589. The summed E-state index contributed by atoms with van der Waals surface area (Å²) >= 11 is 1.99. The molecule has 0 aliphatic carbocycles. The Balaban J connectivity index is 1.53. The molecule has 3 rings (SSSR count). The van der Waals surface area contributed by atoms with Gasteiger partial charge in [-0.15, -0.1) is 11.8 Å². The Morgan fingerprint density at radius 3 is 2.62 bits per heavy atom. The molecule has 1 N–H and O–H groups in total. The second-order valence-corrected chi connectivity index (χ2v) is 7.13. The Morgan fingerprint density at radius 2 is 1.86 bits per heavy atom. The third-order valence-electron chi connectivity index (χ3n) is 4.17. The van der Waals surface area contributed by atoms with Crippen molar-refractivity contribution in [2.24, 2.45) is 0 Å². The predicted octanol–water partition coefficient (Wildman–Crippen LogP) is 4.79. The average Bonchev–Trinajstić information content (AvgIpc) is 2.91. The van der Waals surface area contributed by atoms with Crippen LogP contribution in [-0.2, 0) is 6.54 Å². The van der Waals surface area contributed by atoms with Crippen molar-refractivity contribution in [1.29, 1.82) is 0 Å². The molecule has 1 aliphatic rings. The molecule has 2 aromatic carbocycles. The summed E-state index contributed by atoms with van der Waals surface area (Å²) in [5.41, 5.74) is 4.31. The van der Waals surface area contributed by atoms with Crippen LogP contribution >= 0.6 is 11.8 Å². The van der Waals surface area contributed by atoms with E-state index in [-0.39, 0.29) is 0 Å². The van der Waals surface area contributed by atoms with Crippen molar-refractivity contribution in [1.82, 2.24) is 5.32 Å². The van der Waals surface area contributed by atoms with Crippen LogP contribution in [0.25, 0.3) is 0 Å².